The molecule has 1 unspecified atom stereocenters. The third kappa shape index (κ3) is 3.85. The van der Waals surface area contributed by atoms with Crippen LogP contribution in [0.25, 0.3) is 0 Å². The molecule has 0 saturated carbocycles. The maximum atomic E-state index is 15.0. The Morgan fingerprint density at radius 3 is 2.50 bits per heavy atom. The van der Waals surface area contributed by atoms with Crippen molar-refractivity contribution in [3.8, 4) is 0 Å². The molecule has 1 N–H and O–H groups in total. The fourth-order valence-electron chi connectivity index (χ4n) is 5.06. The Balaban J connectivity index is 1.76. The number of hydrogen-bond acceptors (Lipinski definition) is 6. The summed E-state index contributed by atoms with van der Waals surface area (Å²) < 4.78 is 56.5. The molecule has 190 valence electrons. The third-order valence-corrected chi connectivity index (χ3v) is 8.08. The molecule has 11 heteroatoms. The SMILES string of the molecule is CC1CC(=O)C(O)=C2C(=O)N([C@@H](C)C(F)(F)F)CN([C@H]3c4ccccc4CSc4c(F)cccc43)N21. The van der Waals surface area contributed by atoms with Gasteiger partial charge in [-0.1, -0.05) is 36.4 Å². The van der Waals surface area contributed by atoms with Gasteiger partial charge in [0, 0.05) is 17.1 Å². The number of allylic oxidation sites excluding steroid dienone is 1. The van der Waals surface area contributed by atoms with Gasteiger partial charge in [0.05, 0.1) is 18.8 Å². The van der Waals surface area contributed by atoms with Crippen molar-refractivity contribution >= 4 is 23.5 Å². The molecule has 3 aliphatic rings. The van der Waals surface area contributed by atoms with Crippen LogP contribution in [0, 0.1) is 5.82 Å². The fourth-order valence-corrected chi connectivity index (χ4v) is 6.18. The Hall–Kier alpha value is -3.05. The first kappa shape index (κ1) is 24.6. The van der Waals surface area contributed by atoms with Crippen LogP contribution < -0.4 is 0 Å². The van der Waals surface area contributed by atoms with E-state index >= 15 is 4.39 Å². The van der Waals surface area contributed by atoms with Crippen molar-refractivity contribution < 1.29 is 32.3 Å². The van der Waals surface area contributed by atoms with Crippen molar-refractivity contribution in [3.63, 3.8) is 0 Å². The largest absolute Gasteiger partial charge is 0.503 e. The van der Waals surface area contributed by atoms with E-state index in [-0.39, 0.29) is 6.42 Å². The Morgan fingerprint density at radius 1 is 1.08 bits per heavy atom. The van der Waals surface area contributed by atoms with E-state index in [4.69, 9.17) is 0 Å². The zero-order valence-electron chi connectivity index (χ0n) is 19.4. The Bertz CT molecular complexity index is 1280. The van der Waals surface area contributed by atoms with Crippen molar-refractivity contribution in [1.29, 1.82) is 0 Å². The van der Waals surface area contributed by atoms with E-state index < -0.39 is 59.9 Å². The van der Waals surface area contributed by atoms with Gasteiger partial charge in [0.1, 0.15) is 11.9 Å². The number of alkyl halides is 3. The number of fused-ring (bicyclic) bond motifs is 3. The van der Waals surface area contributed by atoms with Crippen molar-refractivity contribution in [2.45, 2.75) is 55.2 Å². The molecule has 5 rings (SSSR count). The molecular formula is C25H23F4N3O3S. The van der Waals surface area contributed by atoms with Gasteiger partial charge in [0.25, 0.3) is 5.91 Å². The molecule has 0 bridgehead atoms. The maximum absolute atomic E-state index is 15.0. The molecule has 2 aromatic carbocycles. The highest BCUT2D eigenvalue weighted by Crippen LogP contribution is 2.47. The molecular weight excluding hydrogens is 498 g/mol. The van der Waals surface area contributed by atoms with Crippen molar-refractivity contribution in [2.75, 3.05) is 6.67 Å². The van der Waals surface area contributed by atoms with Crippen molar-refractivity contribution in [3.05, 3.63) is 76.4 Å². The molecule has 1 fully saturated rings. The molecule has 36 heavy (non-hydrogen) atoms. The predicted octanol–water partition coefficient (Wildman–Crippen LogP) is 4.92. The molecule has 3 aliphatic heterocycles. The van der Waals surface area contributed by atoms with Crippen LogP contribution in [0.2, 0.25) is 0 Å². The molecule has 3 heterocycles. The number of carbonyl (C=O) groups is 2. The molecule has 1 saturated heterocycles. The molecule has 0 radical (unpaired) electrons. The van der Waals surface area contributed by atoms with E-state index in [0.29, 0.717) is 21.1 Å². The van der Waals surface area contributed by atoms with Crippen LogP contribution in [0.15, 0.2) is 58.8 Å². The number of benzene rings is 2. The van der Waals surface area contributed by atoms with Gasteiger partial charge in [-0.2, -0.15) is 18.2 Å². The van der Waals surface area contributed by atoms with Crippen LogP contribution in [0.1, 0.15) is 43.0 Å². The van der Waals surface area contributed by atoms with Gasteiger partial charge in [-0.05, 0) is 36.6 Å². The number of thioether (sulfide) groups is 1. The van der Waals surface area contributed by atoms with Crippen LogP contribution >= 0.6 is 11.8 Å². The van der Waals surface area contributed by atoms with E-state index in [9.17, 15) is 27.9 Å². The summed E-state index contributed by atoms with van der Waals surface area (Å²) in [6.45, 7) is 2.05. The second-order valence-corrected chi connectivity index (χ2v) is 10.1. The van der Waals surface area contributed by atoms with E-state index in [0.717, 1.165) is 18.1 Å². The predicted molar refractivity (Wildman–Crippen MR) is 124 cm³/mol. The molecule has 1 amide bonds. The van der Waals surface area contributed by atoms with Gasteiger partial charge in [0.2, 0.25) is 5.78 Å². The second-order valence-electron chi connectivity index (χ2n) is 9.14. The van der Waals surface area contributed by atoms with Gasteiger partial charge in [-0.15, -0.1) is 11.8 Å². The Labute approximate surface area is 209 Å². The lowest BCUT2D eigenvalue weighted by Gasteiger charge is -2.53. The summed E-state index contributed by atoms with van der Waals surface area (Å²) in [5.74, 6) is -2.67. The average molecular weight is 522 g/mol. The summed E-state index contributed by atoms with van der Waals surface area (Å²) in [6.07, 6.45) is -4.88. The minimum absolute atomic E-state index is 0.132. The van der Waals surface area contributed by atoms with Crippen LogP contribution in [0.5, 0.6) is 0 Å². The number of carbonyl (C=O) groups excluding carboxylic acids is 2. The number of ketones is 1. The summed E-state index contributed by atoms with van der Waals surface area (Å²) in [6, 6.07) is 8.32. The van der Waals surface area contributed by atoms with Gasteiger partial charge in [-0.25, -0.2) is 4.39 Å². The zero-order chi connectivity index (χ0) is 25.9. The van der Waals surface area contributed by atoms with E-state index in [2.05, 4.69) is 0 Å². The smallest absolute Gasteiger partial charge is 0.408 e. The van der Waals surface area contributed by atoms with Crippen molar-refractivity contribution in [1.82, 2.24) is 14.9 Å². The fraction of sp³-hybridized carbons (Fsp3) is 0.360. The molecule has 6 nitrogen and oxygen atoms in total. The molecule has 0 aromatic heterocycles. The van der Waals surface area contributed by atoms with Gasteiger partial charge in [-0.3, -0.25) is 14.6 Å². The van der Waals surface area contributed by atoms with Crippen LogP contribution in [0.4, 0.5) is 17.6 Å². The highest BCUT2D eigenvalue weighted by Gasteiger charge is 2.52. The summed E-state index contributed by atoms with van der Waals surface area (Å²) in [4.78, 5) is 26.7. The number of amides is 1. The normalized spacial score (nSPS) is 23.7. The molecule has 0 aliphatic carbocycles. The average Bonchev–Trinajstić information content (AvgIpc) is 2.99. The molecule has 3 atom stereocenters. The monoisotopic (exact) mass is 521 g/mol. The molecule has 2 aromatic rings. The van der Waals surface area contributed by atoms with Crippen LogP contribution in [-0.2, 0) is 15.3 Å². The first-order valence-corrected chi connectivity index (χ1v) is 12.4. The summed E-state index contributed by atoms with van der Waals surface area (Å²) in [5, 5.41) is 13.6. The third-order valence-electron chi connectivity index (χ3n) is 6.91. The van der Waals surface area contributed by atoms with E-state index in [1.54, 1.807) is 24.1 Å². The summed E-state index contributed by atoms with van der Waals surface area (Å²) in [7, 11) is 0. The molecule has 0 spiro atoms. The lowest BCUT2D eigenvalue weighted by Crippen LogP contribution is -2.66. The number of hydrazine groups is 1. The number of hydrogen-bond donors (Lipinski definition) is 1. The van der Waals surface area contributed by atoms with Gasteiger partial charge in [0.15, 0.2) is 11.5 Å². The highest BCUT2D eigenvalue weighted by molar-refractivity contribution is 7.98. The minimum atomic E-state index is -4.74. The number of Topliss-reactive ketones (excluding diaryl/α,β-unsaturated/α-hetero) is 1. The van der Waals surface area contributed by atoms with Crippen molar-refractivity contribution in [2.24, 2.45) is 0 Å². The van der Waals surface area contributed by atoms with Crippen LogP contribution in [0.3, 0.4) is 0 Å². The second kappa shape index (κ2) is 8.81. The lowest BCUT2D eigenvalue weighted by molar-refractivity contribution is -0.212. The lowest BCUT2D eigenvalue weighted by atomic mass is 9.93. The Kier molecular flexibility index (Phi) is 6.03. The number of halogens is 4. The van der Waals surface area contributed by atoms with Crippen LogP contribution in [-0.4, -0.2) is 56.6 Å². The Morgan fingerprint density at radius 2 is 1.78 bits per heavy atom. The van der Waals surface area contributed by atoms with E-state index in [1.807, 2.05) is 18.2 Å². The number of rotatable bonds is 2. The topological polar surface area (TPSA) is 64.1 Å². The standard InChI is InChI=1S/C25H23F4N3O3S/c1-13-10-19(33)22(34)21-24(35)30(14(2)25(27,28)29)12-31(32(13)21)20-16-7-4-3-6-15(16)11-36-23-17(20)8-5-9-18(23)26/h3-9,13-14,20,34H,10-12H2,1-2H3/t13?,14-,20-/m0/s1. The number of nitrogens with zero attached hydrogens (tertiary/aromatic N) is 3. The highest BCUT2D eigenvalue weighted by atomic mass is 32.2. The van der Waals surface area contributed by atoms with Gasteiger partial charge >= 0.3 is 6.18 Å². The van der Waals surface area contributed by atoms with E-state index in [1.165, 1.54) is 28.9 Å². The first-order chi connectivity index (χ1) is 17.0. The maximum Gasteiger partial charge on any atom is 0.408 e. The summed E-state index contributed by atoms with van der Waals surface area (Å²) in [5.41, 5.74) is 1.65. The number of aliphatic hydroxyl groups is 1. The van der Waals surface area contributed by atoms with Gasteiger partial charge < -0.3 is 10.0 Å². The first-order valence-electron chi connectivity index (χ1n) is 11.4. The zero-order valence-corrected chi connectivity index (χ0v) is 20.2. The summed E-state index contributed by atoms with van der Waals surface area (Å²) >= 11 is 1.29. The minimum Gasteiger partial charge on any atom is -0.503 e. The quantitative estimate of drug-likeness (QED) is 0.566. The number of aliphatic hydroxyl groups excluding tert-OH is 1.